The highest BCUT2D eigenvalue weighted by Gasteiger charge is 2.05. The minimum atomic E-state index is -0.215. The molecule has 1 aromatic carbocycles. The van der Waals surface area contributed by atoms with Gasteiger partial charge in [-0.25, -0.2) is 4.39 Å². The van der Waals surface area contributed by atoms with Crippen molar-refractivity contribution in [3.8, 4) is 0 Å². The normalized spacial score (nSPS) is 11.8. The maximum atomic E-state index is 13.4. The first-order chi connectivity index (χ1) is 11.8. The van der Waals surface area contributed by atoms with Crippen molar-refractivity contribution in [1.82, 2.24) is 25.4 Å². The Hall–Kier alpha value is -2.83. The molecule has 0 unspecified atom stereocenters. The second kappa shape index (κ2) is 7.63. The van der Waals surface area contributed by atoms with Crippen molar-refractivity contribution < 1.29 is 4.39 Å². The number of nitrogens with zero attached hydrogens (tertiary/aromatic N) is 3. The van der Waals surface area contributed by atoms with Gasteiger partial charge in [0.05, 0.1) is 6.54 Å². The number of H-pyrrole nitrogens is 1. The highest BCUT2D eigenvalue weighted by Crippen LogP contribution is 2.19. The molecule has 126 valence electrons. The third-order valence-corrected chi connectivity index (χ3v) is 3.83. The molecule has 2 heterocycles. The summed E-state index contributed by atoms with van der Waals surface area (Å²) in [5.74, 6) is 0.528. The lowest BCUT2D eigenvalue weighted by molar-refractivity contribution is 0.598. The lowest BCUT2D eigenvalue weighted by Crippen LogP contribution is -2.39. The van der Waals surface area contributed by atoms with E-state index in [1.54, 1.807) is 25.4 Å². The standard InChI is InChI=1S/C17H21FN6/c1-19-17(21-8-10-24-9-2-6-23-24)20-7-5-13-12-22-16-4-3-14(18)11-15(13)16/h2-4,6,9,11-12,22H,5,7-8,10H2,1H3,(H2,19,20,21). The number of benzene rings is 1. The number of halogens is 1. The number of aromatic amines is 1. The van der Waals surface area contributed by atoms with E-state index in [0.717, 1.165) is 41.9 Å². The lowest BCUT2D eigenvalue weighted by Gasteiger charge is -2.11. The van der Waals surface area contributed by atoms with Gasteiger partial charge in [0.2, 0.25) is 0 Å². The highest BCUT2D eigenvalue weighted by molar-refractivity contribution is 5.83. The second-order valence-electron chi connectivity index (χ2n) is 5.45. The number of rotatable bonds is 6. The van der Waals surface area contributed by atoms with Gasteiger partial charge in [-0.05, 0) is 36.2 Å². The van der Waals surface area contributed by atoms with E-state index < -0.39 is 0 Å². The van der Waals surface area contributed by atoms with Crippen LogP contribution in [0.3, 0.4) is 0 Å². The largest absolute Gasteiger partial charge is 0.361 e. The van der Waals surface area contributed by atoms with Gasteiger partial charge in [0.15, 0.2) is 5.96 Å². The molecule has 0 atom stereocenters. The predicted molar refractivity (Wildman–Crippen MR) is 93.6 cm³/mol. The van der Waals surface area contributed by atoms with E-state index in [-0.39, 0.29) is 5.82 Å². The van der Waals surface area contributed by atoms with Crippen LogP contribution in [-0.2, 0) is 13.0 Å². The van der Waals surface area contributed by atoms with Crippen LogP contribution in [0, 0.1) is 5.82 Å². The molecule has 3 rings (SSSR count). The summed E-state index contributed by atoms with van der Waals surface area (Å²) >= 11 is 0. The molecule has 6 nitrogen and oxygen atoms in total. The molecule has 2 aromatic heterocycles. The van der Waals surface area contributed by atoms with Crippen LogP contribution in [0.4, 0.5) is 4.39 Å². The Morgan fingerprint density at radius 1 is 1.33 bits per heavy atom. The highest BCUT2D eigenvalue weighted by atomic mass is 19.1. The molecular weight excluding hydrogens is 307 g/mol. The summed E-state index contributed by atoms with van der Waals surface area (Å²) in [7, 11) is 1.74. The monoisotopic (exact) mass is 328 g/mol. The van der Waals surface area contributed by atoms with Crippen molar-refractivity contribution in [2.45, 2.75) is 13.0 Å². The number of hydrogen-bond donors (Lipinski definition) is 3. The zero-order valence-electron chi connectivity index (χ0n) is 13.6. The van der Waals surface area contributed by atoms with Crippen LogP contribution in [-0.4, -0.2) is 40.9 Å². The third-order valence-electron chi connectivity index (χ3n) is 3.83. The summed E-state index contributed by atoms with van der Waals surface area (Å²) in [5.41, 5.74) is 2.04. The molecule has 0 aliphatic rings. The van der Waals surface area contributed by atoms with Crippen LogP contribution >= 0.6 is 0 Å². The van der Waals surface area contributed by atoms with E-state index in [0.29, 0.717) is 6.54 Å². The molecule has 0 amide bonds. The molecule has 0 bridgehead atoms. The lowest BCUT2D eigenvalue weighted by atomic mass is 10.1. The van der Waals surface area contributed by atoms with E-state index in [4.69, 9.17) is 0 Å². The van der Waals surface area contributed by atoms with Crippen molar-refractivity contribution >= 4 is 16.9 Å². The van der Waals surface area contributed by atoms with E-state index >= 15 is 0 Å². The molecule has 0 radical (unpaired) electrons. The quantitative estimate of drug-likeness (QED) is 0.478. The molecule has 3 N–H and O–H groups in total. The van der Waals surface area contributed by atoms with E-state index in [2.05, 4.69) is 25.7 Å². The van der Waals surface area contributed by atoms with Crippen LogP contribution in [0.25, 0.3) is 10.9 Å². The Kier molecular flexibility index (Phi) is 5.10. The molecule has 24 heavy (non-hydrogen) atoms. The predicted octanol–water partition coefficient (Wildman–Crippen LogP) is 1.91. The van der Waals surface area contributed by atoms with Crippen molar-refractivity contribution in [2.24, 2.45) is 4.99 Å². The molecule has 0 fully saturated rings. The minimum absolute atomic E-state index is 0.215. The number of guanidine groups is 1. The average molecular weight is 328 g/mol. The van der Waals surface area contributed by atoms with Gasteiger partial charge in [-0.15, -0.1) is 0 Å². The zero-order chi connectivity index (χ0) is 16.8. The fourth-order valence-corrected chi connectivity index (χ4v) is 2.62. The van der Waals surface area contributed by atoms with Crippen LogP contribution in [0.1, 0.15) is 5.56 Å². The topological polar surface area (TPSA) is 70.0 Å². The molecular formula is C17H21FN6. The van der Waals surface area contributed by atoms with Crippen LogP contribution in [0.15, 0.2) is 47.8 Å². The van der Waals surface area contributed by atoms with Crippen LogP contribution < -0.4 is 10.6 Å². The third kappa shape index (κ3) is 3.92. The smallest absolute Gasteiger partial charge is 0.191 e. The first-order valence-electron chi connectivity index (χ1n) is 7.94. The molecule has 0 aliphatic heterocycles. The molecule has 0 saturated heterocycles. The van der Waals surface area contributed by atoms with E-state index in [9.17, 15) is 4.39 Å². The van der Waals surface area contributed by atoms with Gasteiger partial charge in [0, 0.05) is 49.6 Å². The molecule has 3 aromatic rings. The average Bonchev–Trinajstić information content (AvgIpc) is 3.23. The van der Waals surface area contributed by atoms with Crippen molar-refractivity contribution in [3.05, 3.63) is 54.2 Å². The van der Waals surface area contributed by atoms with Crippen LogP contribution in [0.2, 0.25) is 0 Å². The molecule has 0 saturated carbocycles. The first-order valence-corrected chi connectivity index (χ1v) is 7.94. The Balaban J connectivity index is 1.48. The van der Waals surface area contributed by atoms with Crippen molar-refractivity contribution in [1.29, 1.82) is 0 Å². The summed E-state index contributed by atoms with van der Waals surface area (Å²) in [6.45, 7) is 2.22. The van der Waals surface area contributed by atoms with Gasteiger partial charge in [0.25, 0.3) is 0 Å². The Bertz CT molecular complexity index is 806. The van der Waals surface area contributed by atoms with Crippen molar-refractivity contribution in [3.63, 3.8) is 0 Å². The maximum absolute atomic E-state index is 13.4. The Labute approximate surface area is 139 Å². The molecule has 7 heteroatoms. The minimum Gasteiger partial charge on any atom is -0.361 e. The SMILES string of the molecule is CN=C(NCCc1c[nH]c2ccc(F)cc12)NCCn1cccn1. The van der Waals surface area contributed by atoms with E-state index in [1.807, 2.05) is 23.1 Å². The number of aromatic nitrogens is 3. The first kappa shape index (κ1) is 16.0. The zero-order valence-corrected chi connectivity index (χ0v) is 13.6. The fourth-order valence-electron chi connectivity index (χ4n) is 2.62. The maximum Gasteiger partial charge on any atom is 0.191 e. The van der Waals surface area contributed by atoms with Gasteiger partial charge in [-0.2, -0.15) is 5.10 Å². The van der Waals surface area contributed by atoms with Gasteiger partial charge in [-0.1, -0.05) is 0 Å². The van der Waals surface area contributed by atoms with Gasteiger partial charge < -0.3 is 15.6 Å². The molecule has 0 aliphatic carbocycles. The fraction of sp³-hybridized carbons (Fsp3) is 0.294. The Morgan fingerprint density at radius 3 is 3.00 bits per heavy atom. The van der Waals surface area contributed by atoms with Gasteiger partial charge in [-0.3, -0.25) is 9.67 Å². The number of hydrogen-bond acceptors (Lipinski definition) is 2. The summed E-state index contributed by atoms with van der Waals surface area (Å²) in [6, 6.07) is 6.69. The van der Waals surface area contributed by atoms with Gasteiger partial charge >= 0.3 is 0 Å². The Morgan fingerprint density at radius 2 is 2.21 bits per heavy atom. The van der Waals surface area contributed by atoms with Crippen molar-refractivity contribution in [2.75, 3.05) is 20.1 Å². The summed E-state index contributed by atoms with van der Waals surface area (Å²) < 4.78 is 15.3. The number of fused-ring (bicyclic) bond motifs is 1. The summed E-state index contributed by atoms with van der Waals surface area (Å²) in [6.07, 6.45) is 6.40. The summed E-state index contributed by atoms with van der Waals surface area (Å²) in [4.78, 5) is 7.37. The van der Waals surface area contributed by atoms with Crippen LogP contribution in [0.5, 0.6) is 0 Å². The van der Waals surface area contributed by atoms with E-state index in [1.165, 1.54) is 6.07 Å². The second-order valence-corrected chi connectivity index (χ2v) is 5.45. The summed E-state index contributed by atoms with van der Waals surface area (Å²) in [5, 5.41) is 11.6. The molecule has 0 spiro atoms. The number of aliphatic imine (C=N–C) groups is 1. The number of nitrogens with one attached hydrogen (secondary N) is 3. The van der Waals surface area contributed by atoms with Gasteiger partial charge in [0.1, 0.15) is 5.82 Å².